The number of benzene rings is 1. The highest BCUT2D eigenvalue weighted by Crippen LogP contribution is 2.22. The van der Waals surface area contributed by atoms with Gasteiger partial charge in [0.2, 0.25) is 0 Å². The molecule has 8 nitrogen and oxygen atoms in total. The number of aryl methyl sites for hydroxylation is 1. The minimum absolute atomic E-state index is 0.211. The highest BCUT2D eigenvalue weighted by Gasteiger charge is 2.15. The number of carbonyl (C=O) groups excluding carboxylic acids is 2. The van der Waals surface area contributed by atoms with Gasteiger partial charge in [0, 0.05) is 29.6 Å². The van der Waals surface area contributed by atoms with Crippen LogP contribution in [0.2, 0.25) is 0 Å². The molecule has 134 valence electrons. The summed E-state index contributed by atoms with van der Waals surface area (Å²) in [7, 11) is 1.81. The topological polar surface area (TPSA) is 102 Å². The number of fused-ring (bicyclic) bond motifs is 1. The maximum absolute atomic E-state index is 12.2. The van der Waals surface area contributed by atoms with E-state index in [-0.39, 0.29) is 11.4 Å². The Balaban J connectivity index is 1.42. The van der Waals surface area contributed by atoms with Crippen LogP contribution in [0.4, 0.5) is 0 Å². The molecule has 27 heavy (non-hydrogen) atoms. The van der Waals surface area contributed by atoms with Gasteiger partial charge in [-0.2, -0.15) is 5.10 Å². The van der Waals surface area contributed by atoms with Crippen LogP contribution in [0, 0.1) is 0 Å². The van der Waals surface area contributed by atoms with E-state index in [0.29, 0.717) is 10.5 Å². The molecule has 3 aromatic heterocycles. The predicted octanol–water partition coefficient (Wildman–Crippen LogP) is 2.17. The van der Waals surface area contributed by atoms with Crippen LogP contribution in [0.25, 0.3) is 21.5 Å². The molecule has 0 spiro atoms. The van der Waals surface area contributed by atoms with Crippen LogP contribution in [0.15, 0.2) is 54.2 Å². The molecular formula is C18H14N6O2S. The van der Waals surface area contributed by atoms with Crippen LogP contribution < -0.4 is 10.9 Å². The van der Waals surface area contributed by atoms with Gasteiger partial charge in [0.25, 0.3) is 11.8 Å². The zero-order valence-electron chi connectivity index (χ0n) is 14.2. The lowest BCUT2D eigenvalue weighted by molar-refractivity contribution is 0.0842. The zero-order valence-corrected chi connectivity index (χ0v) is 15.0. The van der Waals surface area contributed by atoms with Crippen molar-refractivity contribution in [3.05, 3.63) is 65.6 Å². The fourth-order valence-electron chi connectivity index (χ4n) is 2.48. The summed E-state index contributed by atoms with van der Waals surface area (Å²) in [4.78, 5) is 33.0. The molecule has 0 aliphatic rings. The van der Waals surface area contributed by atoms with Crippen LogP contribution >= 0.6 is 11.3 Å². The van der Waals surface area contributed by atoms with Gasteiger partial charge in [-0.25, -0.2) is 9.97 Å². The van der Waals surface area contributed by atoms with Crippen LogP contribution in [0.5, 0.6) is 0 Å². The highest BCUT2D eigenvalue weighted by atomic mass is 32.1. The van der Waals surface area contributed by atoms with Gasteiger partial charge < -0.3 is 0 Å². The molecule has 2 N–H and O–H groups in total. The van der Waals surface area contributed by atoms with Crippen LogP contribution in [0.1, 0.15) is 21.0 Å². The molecule has 0 fully saturated rings. The van der Waals surface area contributed by atoms with E-state index < -0.39 is 11.8 Å². The van der Waals surface area contributed by atoms with Crippen molar-refractivity contribution in [1.29, 1.82) is 0 Å². The smallest absolute Gasteiger partial charge is 0.275 e. The molecule has 4 aromatic rings. The van der Waals surface area contributed by atoms with Crippen LogP contribution in [-0.4, -0.2) is 31.6 Å². The van der Waals surface area contributed by atoms with E-state index in [1.54, 1.807) is 35.4 Å². The first-order chi connectivity index (χ1) is 13.1. The number of thiazole rings is 1. The fraction of sp³-hybridized carbons (Fsp3) is 0.0556. The van der Waals surface area contributed by atoms with E-state index in [2.05, 4.69) is 25.9 Å². The van der Waals surface area contributed by atoms with Gasteiger partial charge in [-0.1, -0.05) is 24.3 Å². The van der Waals surface area contributed by atoms with Gasteiger partial charge >= 0.3 is 0 Å². The number of nitrogens with zero attached hydrogens (tertiary/aromatic N) is 4. The first-order valence-corrected chi connectivity index (χ1v) is 8.89. The lowest BCUT2D eigenvalue weighted by Crippen LogP contribution is -2.42. The SMILES string of the molecule is Cn1cc(-c2nc(C(=O)NNC(=O)c3ccc4ccccc4n3)cs2)cn1. The van der Waals surface area contributed by atoms with E-state index in [1.165, 1.54) is 11.3 Å². The summed E-state index contributed by atoms with van der Waals surface area (Å²) >= 11 is 1.33. The van der Waals surface area contributed by atoms with Gasteiger partial charge in [0.05, 0.1) is 11.7 Å². The molecule has 1 aromatic carbocycles. The van der Waals surface area contributed by atoms with Crippen LogP contribution in [-0.2, 0) is 7.05 Å². The van der Waals surface area contributed by atoms with E-state index in [4.69, 9.17) is 0 Å². The van der Waals surface area contributed by atoms with E-state index >= 15 is 0 Å². The van der Waals surface area contributed by atoms with Crippen molar-refractivity contribution < 1.29 is 9.59 Å². The van der Waals surface area contributed by atoms with Crippen molar-refractivity contribution in [3.8, 4) is 10.6 Å². The minimum Gasteiger partial charge on any atom is -0.275 e. The molecule has 0 atom stereocenters. The Bertz CT molecular complexity index is 1150. The monoisotopic (exact) mass is 378 g/mol. The molecular weight excluding hydrogens is 364 g/mol. The molecule has 9 heteroatoms. The van der Waals surface area contributed by atoms with Crippen molar-refractivity contribution in [2.45, 2.75) is 0 Å². The number of amides is 2. The third kappa shape index (κ3) is 3.53. The number of hydrogen-bond acceptors (Lipinski definition) is 6. The first-order valence-electron chi connectivity index (χ1n) is 8.01. The Kier molecular flexibility index (Phi) is 4.35. The average Bonchev–Trinajstić information content (AvgIpc) is 3.34. The number of pyridine rings is 1. The van der Waals surface area contributed by atoms with Gasteiger partial charge in [-0.3, -0.25) is 25.1 Å². The summed E-state index contributed by atoms with van der Waals surface area (Å²) in [6.07, 6.45) is 3.49. The molecule has 0 aliphatic heterocycles. The maximum atomic E-state index is 12.2. The normalized spacial score (nSPS) is 10.7. The quantitative estimate of drug-likeness (QED) is 0.532. The van der Waals surface area contributed by atoms with E-state index in [9.17, 15) is 9.59 Å². The Morgan fingerprint density at radius 1 is 1.00 bits per heavy atom. The average molecular weight is 378 g/mol. The predicted molar refractivity (Wildman–Crippen MR) is 101 cm³/mol. The second-order valence-electron chi connectivity index (χ2n) is 5.74. The number of hydrazine groups is 1. The first kappa shape index (κ1) is 16.9. The van der Waals surface area contributed by atoms with Gasteiger partial charge in [0.1, 0.15) is 16.4 Å². The number of carbonyl (C=O) groups is 2. The highest BCUT2D eigenvalue weighted by molar-refractivity contribution is 7.13. The van der Waals surface area contributed by atoms with Crippen molar-refractivity contribution in [3.63, 3.8) is 0 Å². The standard InChI is InChI=1S/C18H14N6O2S/c1-24-9-12(8-19-24)18-21-15(10-27-18)17(26)23-22-16(25)14-7-6-11-4-2-3-5-13(11)20-14/h2-10H,1H3,(H,22,25)(H,23,26). The van der Waals surface area contributed by atoms with Crippen molar-refractivity contribution in [1.82, 2.24) is 30.6 Å². The van der Waals surface area contributed by atoms with Gasteiger partial charge in [-0.05, 0) is 12.1 Å². The fourth-order valence-corrected chi connectivity index (χ4v) is 3.25. The minimum atomic E-state index is -0.504. The van der Waals surface area contributed by atoms with Crippen molar-refractivity contribution in [2.24, 2.45) is 7.05 Å². The molecule has 0 aliphatic carbocycles. The van der Waals surface area contributed by atoms with Gasteiger partial charge in [0.15, 0.2) is 0 Å². The number of para-hydroxylation sites is 1. The number of aromatic nitrogens is 4. The molecule has 0 radical (unpaired) electrons. The summed E-state index contributed by atoms with van der Waals surface area (Å²) in [6, 6.07) is 10.9. The number of hydrogen-bond donors (Lipinski definition) is 2. The number of nitrogens with one attached hydrogen (secondary N) is 2. The molecule has 0 saturated carbocycles. The third-order valence-corrected chi connectivity index (χ3v) is 4.70. The summed E-state index contributed by atoms with van der Waals surface area (Å²) in [5.41, 5.74) is 6.68. The maximum Gasteiger partial charge on any atom is 0.289 e. The molecule has 3 heterocycles. The summed E-state index contributed by atoms with van der Waals surface area (Å²) < 4.78 is 1.66. The summed E-state index contributed by atoms with van der Waals surface area (Å²) in [5.74, 6) is -1.01. The second-order valence-corrected chi connectivity index (χ2v) is 6.60. The molecule has 0 saturated heterocycles. The molecule has 0 unspecified atom stereocenters. The zero-order chi connectivity index (χ0) is 18.8. The summed E-state index contributed by atoms with van der Waals surface area (Å²) in [6.45, 7) is 0. The second kappa shape index (κ2) is 6.96. The van der Waals surface area contributed by atoms with E-state index in [1.807, 2.05) is 30.5 Å². The Morgan fingerprint density at radius 3 is 2.56 bits per heavy atom. The largest absolute Gasteiger partial charge is 0.289 e. The van der Waals surface area contributed by atoms with Crippen molar-refractivity contribution >= 4 is 34.1 Å². The third-order valence-electron chi connectivity index (χ3n) is 3.81. The molecule has 0 bridgehead atoms. The van der Waals surface area contributed by atoms with Gasteiger partial charge in [-0.15, -0.1) is 11.3 Å². The lowest BCUT2D eigenvalue weighted by atomic mass is 10.2. The molecule has 4 rings (SSSR count). The lowest BCUT2D eigenvalue weighted by Gasteiger charge is -2.06. The Morgan fingerprint density at radius 2 is 1.78 bits per heavy atom. The Labute approximate surface area is 157 Å². The number of rotatable bonds is 3. The Hall–Kier alpha value is -3.59. The van der Waals surface area contributed by atoms with Crippen LogP contribution in [0.3, 0.4) is 0 Å². The molecule has 2 amide bonds. The van der Waals surface area contributed by atoms with E-state index in [0.717, 1.165) is 10.9 Å². The summed E-state index contributed by atoms with van der Waals surface area (Å²) in [5, 5.41) is 7.31. The van der Waals surface area contributed by atoms with Crippen molar-refractivity contribution in [2.75, 3.05) is 0 Å².